The minimum absolute atomic E-state index is 0.131. The van der Waals surface area contributed by atoms with E-state index in [0.717, 1.165) is 11.1 Å². The van der Waals surface area contributed by atoms with Crippen molar-refractivity contribution in [3.05, 3.63) is 94.6 Å². The summed E-state index contributed by atoms with van der Waals surface area (Å²) in [7, 11) is 0. The van der Waals surface area contributed by atoms with Gasteiger partial charge in [-0.1, -0.05) is 30.3 Å². The van der Waals surface area contributed by atoms with Crippen LogP contribution in [0.2, 0.25) is 0 Å². The summed E-state index contributed by atoms with van der Waals surface area (Å²) in [6.07, 6.45) is 0.366. The monoisotopic (exact) mass is 391 g/mol. The van der Waals surface area contributed by atoms with E-state index in [4.69, 9.17) is 0 Å². The Morgan fingerprint density at radius 2 is 1.62 bits per heavy atom. The first-order valence-corrected chi connectivity index (χ1v) is 9.31. The minimum atomic E-state index is -0.415. The van der Waals surface area contributed by atoms with E-state index in [1.54, 1.807) is 30.3 Å². The summed E-state index contributed by atoms with van der Waals surface area (Å²) in [5.41, 5.74) is 3.67. The quantitative estimate of drug-likeness (QED) is 0.666. The molecule has 3 aromatic rings. The average Bonchev–Trinajstić information content (AvgIpc) is 2.72. The lowest BCUT2D eigenvalue weighted by Gasteiger charge is -2.09. The molecule has 0 atom stereocenters. The standard InChI is InChI=1S/C23H22FN3O2/c1-15-10-11-18(14-16(15)2)26-23(29)21-9-5-8-20(27-21)22(28)25-13-12-17-6-3-4-7-19(17)24/h3-11,14H,12-13H2,1-2H3,(H,25,28)(H,26,29). The molecule has 1 aromatic heterocycles. The Labute approximate surface area is 169 Å². The van der Waals surface area contributed by atoms with Crippen LogP contribution in [0.5, 0.6) is 0 Å². The zero-order valence-electron chi connectivity index (χ0n) is 16.3. The van der Waals surface area contributed by atoms with Gasteiger partial charge in [0.05, 0.1) is 0 Å². The molecule has 0 spiro atoms. The van der Waals surface area contributed by atoms with Crippen molar-refractivity contribution in [2.75, 3.05) is 11.9 Å². The van der Waals surface area contributed by atoms with Gasteiger partial charge in [-0.3, -0.25) is 9.59 Å². The Morgan fingerprint density at radius 1 is 0.897 bits per heavy atom. The summed E-state index contributed by atoms with van der Waals surface area (Å²) in [6, 6.07) is 16.7. The summed E-state index contributed by atoms with van der Waals surface area (Å²) in [6.45, 7) is 4.23. The second-order valence-corrected chi connectivity index (χ2v) is 6.76. The molecular weight excluding hydrogens is 369 g/mol. The van der Waals surface area contributed by atoms with Crippen molar-refractivity contribution in [3.8, 4) is 0 Å². The molecule has 0 aliphatic rings. The van der Waals surface area contributed by atoms with E-state index in [0.29, 0.717) is 17.7 Å². The number of pyridine rings is 1. The number of hydrogen-bond acceptors (Lipinski definition) is 3. The molecule has 0 aliphatic heterocycles. The van der Waals surface area contributed by atoms with Gasteiger partial charge >= 0.3 is 0 Å². The Balaban J connectivity index is 1.62. The number of hydrogen-bond donors (Lipinski definition) is 2. The third-order valence-electron chi connectivity index (χ3n) is 4.62. The van der Waals surface area contributed by atoms with Crippen LogP contribution in [0.15, 0.2) is 60.7 Å². The molecular formula is C23H22FN3O2. The number of aromatic nitrogens is 1. The second-order valence-electron chi connectivity index (χ2n) is 6.76. The van der Waals surface area contributed by atoms with Gasteiger partial charge in [-0.25, -0.2) is 9.37 Å². The summed E-state index contributed by atoms with van der Waals surface area (Å²) in [5.74, 6) is -1.11. The van der Waals surface area contributed by atoms with Gasteiger partial charge in [-0.15, -0.1) is 0 Å². The number of carbonyl (C=O) groups excluding carboxylic acids is 2. The van der Waals surface area contributed by atoms with Gasteiger partial charge in [0.25, 0.3) is 11.8 Å². The van der Waals surface area contributed by atoms with E-state index in [1.165, 1.54) is 12.1 Å². The topological polar surface area (TPSA) is 71.1 Å². The Morgan fingerprint density at radius 3 is 2.34 bits per heavy atom. The van der Waals surface area contributed by atoms with Crippen LogP contribution in [0.4, 0.5) is 10.1 Å². The Kier molecular flexibility index (Phi) is 6.34. The third-order valence-corrected chi connectivity index (χ3v) is 4.62. The molecule has 0 bridgehead atoms. The van der Waals surface area contributed by atoms with Crippen LogP contribution in [0, 0.1) is 19.7 Å². The predicted octanol–water partition coefficient (Wildman–Crippen LogP) is 4.06. The molecule has 0 fully saturated rings. The van der Waals surface area contributed by atoms with Crippen LogP contribution in [0.1, 0.15) is 37.7 Å². The van der Waals surface area contributed by atoms with Crippen molar-refractivity contribution in [1.82, 2.24) is 10.3 Å². The van der Waals surface area contributed by atoms with Crippen molar-refractivity contribution in [1.29, 1.82) is 0 Å². The number of aryl methyl sites for hydroxylation is 2. The van der Waals surface area contributed by atoms with Crippen molar-refractivity contribution in [2.24, 2.45) is 0 Å². The Bertz CT molecular complexity index is 1050. The van der Waals surface area contributed by atoms with Gasteiger partial charge in [0, 0.05) is 12.2 Å². The number of amides is 2. The smallest absolute Gasteiger partial charge is 0.274 e. The van der Waals surface area contributed by atoms with E-state index < -0.39 is 11.8 Å². The van der Waals surface area contributed by atoms with Gasteiger partial charge in [0.2, 0.25) is 0 Å². The summed E-state index contributed by atoms with van der Waals surface area (Å²) in [5, 5.41) is 5.49. The molecule has 2 N–H and O–H groups in total. The first kappa shape index (κ1) is 20.2. The van der Waals surface area contributed by atoms with Crippen LogP contribution in [0.25, 0.3) is 0 Å². The van der Waals surface area contributed by atoms with E-state index in [1.807, 2.05) is 32.0 Å². The van der Waals surface area contributed by atoms with Crippen molar-refractivity contribution in [3.63, 3.8) is 0 Å². The first-order chi connectivity index (χ1) is 13.9. The largest absolute Gasteiger partial charge is 0.350 e. The van der Waals surface area contributed by atoms with Crippen LogP contribution >= 0.6 is 0 Å². The molecule has 0 saturated carbocycles. The predicted molar refractivity (Wildman–Crippen MR) is 111 cm³/mol. The lowest BCUT2D eigenvalue weighted by atomic mass is 10.1. The number of rotatable bonds is 6. The molecule has 5 nitrogen and oxygen atoms in total. The number of anilines is 1. The van der Waals surface area contributed by atoms with Gasteiger partial charge in [0.1, 0.15) is 17.2 Å². The maximum Gasteiger partial charge on any atom is 0.274 e. The fourth-order valence-corrected chi connectivity index (χ4v) is 2.80. The van der Waals surface area contributed by atoms with E-state index >= 15 is 0 Å². The van der Waals surface area contributed by atoms with Crippen molar-refractivity contribution in [2.45, 2.75) is 20.3 Å². The van der Waals surface area contributed by atoms with E-state index in [-0.39, 0.29) is 23.7 Å². The third kappa shape index (κ3) is 5.25. The molecule has 29 heavy (non-hydrogen) atoms. The second kappa shape index (κ2) is 9.10. The summed E-state index contributed by atoms with van der Waals surface area (Å²) < 4.78 is 13.6. The van der Waals surface area contributed by atoms with Gasteiger partial charge in [-0.2, -0.15) is 0 Å². The van der Waals surface area contributed by atoms with Crippen molar-refractivity contribution >= 4 is 17.5 Å². The number of benzene rings is 2. The molecule has 6 heteroatoms. The number of halogens is 1. The molecule has 2 aromatic carbocycles. The molecule has 0 radical (unpaired) electrons. The summed E-state index contributed by atoms with van der Waals surface area (Å²) >= 11 is 0. The maximum absolute atomic E-state index is 13.6. The zero-order chi connectivity index (χ0) is 20.8. The molecule has 0 aliphatic carbocycles. The normalized spacial score (nSPS) is 10.4. The van der Waals surface area contributed by atoms with Gasteiger partial charge in [-0.05, 0) is 67.3 Å². The molecule has 0 saturated heterocycles. The first-order valence-electron chi connectivity index (χ1n) is 9.31. The van der Waals surface area contributed by atoms with Crippen molar-refractivity contribution < 1.29 is 14.0 Å². The fourth-order valence-electron chi connectivity index (χ4n) is 2.80. The summed E-state index contributed by atoms with van der Waals surface area (Å²) in [4.78, 5) is 29.0. The molecule has 148 valence electrons. The van der Waals surface area contributed by atoms with E-state index in [9.17, 15) is 14.0 Å². The Hall–Kier alpha value is -3.54. The molecule has 3 rings (SSSR count). The molecule has 1 heterocycles. The van der Waals surface area contributed by atoms with Gasteiger partial charge < -0.3 is 10.6 Å². The number of carbonyl (C=O) groups is 2. The van der Waals surface area contributed by atoms with Crippen LogP contribution in [-0.2, 0) is 6.42 Å². The highest BCUT2D eigenvalue weighted by atomic mass is 19.1. The number of nitrogens with one attached hydrogen (secondary N) is 2. The maximum atomic E-state index is 13.6. The lowest BCUT2D eigenvalue weighted by molar-refractivity contribution is 0.0949. The van der Waals surface area contributed by atoms with E-state index in [2.05, 4.69) is 15.6 Å². The highest BCUT2D eigenvalue weighted by molar-refractivity contribution is 6.03. The minimum Gasteiger partial charge on any atom is -0.350 e. The number of nitrogens with zero attached hydrogens (tertiary/aromatic N) is 1. The van der Waals surface area contributed by atoms with Crippen LogP contribution < -0.4 is 10.6 Å². The van der Waals surface area contributed by atoms with Gasteiger partial charge in [0.15, 0.2) is 0 Å². The molecule has 2 amide bonds. The lowest BCUT2D eigenvalue weighted by Crippen LogP contribution is -2.27. The van der Waals surface area contributed by atoms with Crippen LogP contribution in [0.3, 0.4) is 0 Å². The molecule has 0 unspecified atom stereocenters. The zero-order valence-corrected chi connectivity index (χ0v) is 16.3. The van der Waals surface area contributed by atoms with Crippen LogP contribution in [-0.4, -0.2) is 23.3 Å². The average molecular weight is 391 g/mol. The SMILES string of the molecule is Cc1ccc(NC(=O)c2cccc(C(=O)NCCc3ccccc3F)n2)cc1C. The fraction of sp³-hybridized carbons (Fsp3) is 0.174. The highest BCUT2D eigenvalue weighted by Crippen LogP contribution is 2.15. The highest BCUT2D eigenvalue weighted by Gasteiger charge is 2.13.